The average Bonchev–Trinajstić information content (AvgIpc) is 2.87. The molecule has 2 heterocycles. The molecule has 0 unspecified atom stereocenters. The molecule has 1 aromatic carbocycles. The number of carbonyl (C=O) groups excluding carboxylic acids is 2. The third-order valence-corrected chi connectivity index (χ3v) is 4.12. The van der Waals surface area contributed by atoms with Crippen molar-refractivity contribution in [2.45, 2.75) is 6.42 Å². The first-order chi connectivity index (χ1) is 12.1. The van der Waals surface area contributed by atoms with Crippen LogP contribution in [-0.4, -0.2) is 53.0 Å². The van der Waals surface area contributed by atoms with E-state index in [0.29, 0.717) is 44.0 Å². The predicted octanol–water partition coefficient (Wildman–Crippen LogP) is 0.907. The summed E-state index contributed by atoms with van der Waals surface area (Å²) >= 11 is 0. The van der Waals surface area contributed by atoms with Crippen molar-refractivity contribution in [2.24, 2.45) is 11.7 Å². The van der Waals surface area contributed by atoms with E-state index in [9.17, 15) is 9.59 Å². The fourth-order valence-corrected chi connectivity index (χ4v) is 2.89. The van der Waals surface area contributed by atoms with Gasteiger partial charge >= 0.3 is 0 Å². The van der Waals surface area contributed by atoms with Gasteiger partial charge in [-0.05, 0) is 24.6 Å². The molecule has 25 heavy (non-hydrogen) atoms. The second-order valence-electron chi connectivity index (χ2n) is 6.02. The molecular formula is C18H20N4O3. The van der Waals surface area contributed by atoms with Gasteiger partial charge in [-0.2, -0.15) is 0 Å². The van der Waals surface area contributed by atoms with Crippen LogP contribution < -0.4 is 5.73 Å². The maximum absolute atomic E-state index is 12.7. The van der Waals surface area contributed by atoms with Crippen LogP contribution >= 0.6 is 0 Å². The van der Waals surface area contributed by atoms with Crippen LogP contribution in [-0.2, 0) is 11.2 Å². The number of hydrogen-bond donors (Lipinski definition) is 1. The van der Waals surface area contributed by atoms with E-state index in [2.05, 4.69) is 9.97 Å². The minimum atomic E-state index is -0.582. The molecule has 7 nitrogen and oxygen atoms in total. The fraction of sp³-hybridized carbons (Fsp3) is 0.333. The van der Waals surface area contributed by atoms with Crippen LogP contribution in [0.4, 0.5) is 0 Å². The molecule has 130 valence electrons. The van der Waals surface area contributed by atoms with E-state index in [-0.39, 0.29) is 17.5 Å². The molecule has 1 aliphatic heterocycles. The zero-order chi connectivity index (χ0) is 17.6. The molecular weight excluding hydrogens is 320 g/mol. The summed E-state index contributed by atoms with van der Waals surface area (Å²) in [7, 11) is 0. The van der Waals surface area contributed by atoms with Crippen molar-refractivity contribution >= 4 is 11.8 Å². The molecule has 2 aromatic rings. The van der Waals surface area contributed by atoms with E-state index in [0.717, 1.165) is 0 Å². The van der Waals surface area contributed by atoms with Gasteiger partial charge in [-0.15, -0.1) is 0 Å². The quantitative estimate of drug-likeness (QED) is 0.892. The van der Waals surface area contributed by atoms with Gasteiger partial charge in [0.1, 0.15) is 12.0 Å². The SMILES string of the molecule is NC(=O)c1cc(C[C@@H]2COCCN(C(=O)c3ccccc3)C2)ncn1. The van der Waals surface area contributed by atoms with Crippen molar-refractivity contribution in [1.82, 2.24) is 14.9 Å². The predicted molar refractivity (Wildman–Crippen MR) is 90.9 cm³/mol. The van der Waals surface area contributed by atoms with Gasteiger partial charge in [0.05, 0.1) is 13.2 Å². The monoisotopic (exact) mass is 340 g/mol. The van der Waals surface area contributed by atoms with E-state index >= 15 is 0 Å². The van der Waals surface area contributed by atoms with Crippen LogP contribution in [0.1, 0.15) is 26.5 Å². The lowest BCUT2D eigenvalue weighted by Gasteiger charge is -2.23. The second kappa shape index (κ2) is 7.85. The van der Waals surface area contributed by atoms with E-state index in [1.807, 2.05) is 35.2 Å². The molecule has 0 spiro atoms. The number of rotatable bonds is 4. The lowest BCUT2D eigenvalue weighted by molar-refractivity contribution is 0.0737. The summed E-state index contributed by atoms with van der Waals surface area (Å²) in [4.78, 5) is 33.8. The Morgan fingerprint density at radius 3 is 2.80 bits per heavy atom. The molecule has 1 fully saturated rings. The summed E-state index contributed by atoms with van der Waals surface area (Å²) in [5.74, 6) is -0.496. The van der Waals surface area contributed by atoms with Crippen molar-refractivity contribution in [1.29, 1.82) is 0 Å². The van der Waals surface area contributed by atoms with Gasteiger partial charge in [0.15, 0.2) is 0 Å². The molecule has 7 heteroatoms. The van der Waals surface area contributed by atoms with Gasteiger partial charge in [-0.1, -0.05) is 18.2 Å². The number of ether oxygens (including phenoxy) is 1. The zero-order valence-corrected chi connectivity index (χ0v) is 13.8. The molecule has 1 aliphatic rings. The number of primary amides is 1. The number of hydrogen-bond acceptors (Lipinski definition) is 5. The fourth-order valence-electron chi connectivity index (χ4n) is 2.89. The summed E-state index contributed by atoms with van der Waals surface area (Å²) in [6.07, 6.45) is 1.92. The van der Waals surface area contributed by atoms with Crippen LogP contribution in [0.25, 0.3) is 0 Å². The summed E-state index contributed by atoms with van der Waals surface area (Å²) < 4.78 is 5.64. The summed E-state index contributed by atoms with van der Waals surface area (Å²) in [6.45, 7) is 2.17. The van der Waals surface area contributed by atoms with Gasteiger partial charge in [0.25, 0.3) is 11.8 Å². The summed E-state index contributed by atoms with van der Waals surface area (Å²) in [5.41, 5.74) is 6.83. The second-order valence-corrected chi connectivity index (χ2v) is 6.02. The lowest BCUT2D eigenvalue weighted by atomic mass is 10.0. The van der Waals surface area contributed by atoms with Crippen LogP contribution in [0, 0.1) is 5.92 Å². The Hall–Kier alpha value is -2.80. The first-order valence-corrected chi connectivity index (χ1v) is 8.16. The van der Waals surface area contributed by atoms with Crippen LogP contribution in [0.3, 0.4) is 0 Å². The highest BCUT2D eigenvalue weighted by Crippen LogP contribution is 2.15. The molecule has 0 aliphatic carbocycles. The minimum absolute atomic E-state index is 0.00314. The van der Waals surface area contributed by atoms with E-state index in [1.165, 1.54) is 6.33 Å². The summed E-state index contributed by atoms with van der Waals surface area (Å²) in [5, 5.41) is 0. The minimum Gasteiger partial charge on any atom is -0.379 e. The molecule has 3 rings (SSSR count). The first kappa shape index (κ1) is 17.0. The summed E-state index contributed by atoms with van der Waals surface area (Å²) in [6, 6.07) is 10.8. The number of carbonyl (C=O) groups is 2. The number of benzene rings is 1. The number of nitrogens with two attached hydrogens (primary N) is 1. The topological polar surface area (TPSA) is 98.4 Å². The van der Waals surface area contributed by atoms with E-state index < -0.39 is 5.91 Å². The molecule has 2 N–H and O–H groups in total. The van der Waals surface area contributed by atoms with E-state index in [4.69, 9.17) is 10.5 Å². The highest BCUT2D eigenvalue weighted by atomic mass is 16.5. The third-order valence-electron chi connectivity index (χ3n) is 4.12. The molecule has 1 atom stereocenters. The smallest absolute Gasteiger partial charge is 0.267 e. The number of nitrogens with zero attached hydrogens (tertiary/aromatic N) is 3. The van der Waals surface area contributed by atoms with Crippen molar-refractivity contribution in [3.8, 4) is 0 Å². The Morgan fingerprint density at radius 2 is 2.04 bits per heavy atom. The molecule has 1 saturated heterocycles. The highest BCUT2D eigenvalue weighted by Gasteiger charge is 2.24. The standard InChI is InChI=1S/C18H20N4O3/c19-17(23)16-9-15(20-12-21-16)8-13-10-22(6-7-25-11-13)18(24)14-4-2-1-3-5-14/h1-5,9,12-13H,6-8,10-11H2,(H2,19,23)/t13-/m0/s1. The van der Waals surface area contributed by atoms with Gasteiger partial charge in [-0.25, -0.2) is 9.97 Å². The number of amides is 2. The Bertz CT molecular complexity index is 751. The van der Waals surface area contributed by atoms with Crippen LogP contribution in [0.15, 0.2) is 42.7 Å². The third kappa shape index (κ3) is 4.39. The van der Waals surface area contributed by atoms with E-state index in [1.54, 1.807) is 6.07 Å². The van der Waals surface area contributed by atoms with Crippen molar-refractivity contribution in [2.75, 3.05) is 26.3 Å². The maximum atomic E-state index is 12.7. The van der Waals surface area contributed by atoms with Crippen molar-refractivity contribution in [3.63, 3.8) is 0 Å². The highest BCUT2D eigenvalue weighted by molar-refractivity contribution is 5.94. The van der Waals surface area contributed by atoms with Gasteiger partial charge in [0, 0.05) is 30.3 Å². The maximum Gasteiger partial charge on any atom is 0.267 e. The van der Waals surface area contributed by atoms with Crippen molar-refractivity contribution < 1.29 is 14.3 Å². The van der Waals surface area contributed by atoms with Gasteiger partial charge < -0.3 is 15.4 Å². The first-order valence-electron chi connectivity index (χ1n) is 8.16. The largest absolute Gasteiger partial charge is 0.379 e. The normalized spacial score (nSPS) is 17.8. The molecule has 1 aromatic heterocycles. The molecule has 0 bridgehead atoms. The van der Waals surface area contributed by atoms with Crippen LogP contribution in [0.5, 0.6) is 0 Å². The zero-order valence-electron chi connectivity index (χ0n) is 13.8. The Kier molecular flexibility index (Phi) is 5.35. The van der Waals surface area contributed by atoms with Gasteiger partial charge in [0.2, 0.25) is 0 Å². The lowest BCUT2D eigenvalue weighted by Crippen LogP contribution is -2.36. The Labute approximate surface area is 145 Å². The molecule has 2 amide bonds. The molecule has 0 radical (unpaired) electrons. The molecule has 0 saturated carbocycles. The van der Waals surface area contributed by atoms with Gasteiger partial charge in [-0.3, -0.25) is 9.59 Å². The average molecular weight is 340 g/mol. The van der Waals surface area contributed by atoms with Crippen molar-refractivity contribution in [3.05, 3.63) is 59.7 Å². The van der Waals surface area contributed by atoms with Crippen LogP contribution in [0.2, 0.25) is 0 Å². The number of aromatic nitrogens is 2. The Balaban J connectivity index is 1.71. The Morgan fingerprint density at radius 1 is 1.24 bits per heavy atom.